The number of morpholine rings is 1. The summed E-state index contributed by atoms with van der Waals surface area (Å²) in [7, 11) is 0. The first-order valence-electron chi connectivity index (χ1n) is 14.9. The van der Waals surface area contributed by atoms with Gasteiger partial charge in [-0.2, -0.15) is 0 Å². The van der Waals surface area contributed by atoms with E-state index in [-0.39, 0.29) is 38.1 Å². The summed E-state index contributed by atoms with van der Waals surface area (Å²) in [5, 5.41) is 9.27. The molecule has 0 spiro atoms. The van der Waals surface area contributed by atoms with Gasteiger partial charge in [-0.1, -0.05) is 43.7 Å². The molecule has 1 unspecified atom stereocenters. The third-order valence-electron chi connectivity index (χ3n) is 6.81. The number of nitrogens with zero attached hydrogens (tertiary/aromatic N) is 2. The first-order chi connectivity index (χ1) is 21.4. The largest absolute Gasteiger partial charge is 0.463 e. The van der Waals surface area contributed by atoms with Crippen molar-refractivity contribution in [3.63, 3.8) is 0 Å². The second-order valence-corrected chi connectivity index (χ2v) is 10.2. The van der Waals surface area contributed by atoms with Gasteiger partial charge in [0.2, 0.25) is 0 Å². The SMILES string of the molecule is CCCCC(OC(=O)CN1CCOCC1)c1ccccc1C(=O)Oc1ccc(/C=C/C(=O)OCCCCCO[N+](=O)[O-])cc1.Cl. The number of esters is 3. The molecular weight excluding hydrogens is 608 g/mol. The molecule has 45 heavy (non-hydrogen) atoms. The molecule has 1 fully saturated rings. The van der Waals surface area contributed by atoms with Crippen LogP contribution in [0.5, 0.6) is 5.75 Å². The first-order valence-corrected chi connectivity index (χ1v) is 14.9. The van der Waals surface area contributed by atoms with E-state index in [4.69, 9.17) is 18.9 Å². The summed E-state index contributed by atoms with van der Waals surface area (Å²) in [6.07, 6.45) is 6.31. The number of ether oxygens (including phenoxy) is 4. The van der Waals surface area contributed by atoms with E-state index >= 15 is 0 Å². The van der Waals surface area contributed by atoms with Gasteiger partial charge in [-0.15, -0.1) is 22.5 Å². The van der Waals surface area contributed by atoms with Crippen LogP contribution in [0.4, 0.5) is 0 Å². The number of benzene rings is 2. The van der Waals surface area contributed by atoms with Crippen LogP contribution < -0.4 is 4.74 Å². The van der Waals surface area contributed by atoms with E-state index in [2.05, 4.69) is 11.8 Å². The highest BCUT2D eigenvalue weighted by Crippen LogP contribution is 2.28. The van der Waals surface area contributed by atoms with E-state index < -0.39 is 23.1 Å². The fourth-order valence-electron chi connectivity index (χ4n) is 4.48. The third-order valence-corrected chi connectivity index (χ3v) is 6.81. The molecule has 0 aliphatic carbocycles. The summed E-state index contributed by atoms with van der Waals surface area (Å²) in [5.74, 6) is -1.10. The van der Waals surface area contributed by atoms with Crippen molar-refractivity contribution in [2.75, 3.05) is 46.1 Å². The van der Waals surface area contributed by atoms with Crippen molar-refractivity contribution in [1.29, 1.82) is 0 Å². The maximum absolute atomic E-state index is 13.2. The molecular formula is C32H41ClN2O10. The second-order valence-electron chi connectivity index (χ2n) is 10.2. The monoisotopic (exact) mass is 648 g/mol. The van der Waals surface area contributed by atoms with E-state index in [1.807, 2.05) is 11.0 Å². The lowest BCUT2D eigenvalue weighted by atomic mass is 9.98. The second kappa shape index (κ2) is 20.9. The maximum atomic E-state index is 13.2. The number of carbonyl (C=O) groups excluding carboxylic acids is 3. The molecule has 2 aromatic carbocycles. The van der Waals surface area contributed by atoms with Gasteiger partial charge in [0.25, 0.3) is 5.09 Å². The summed E-state index contributed by atoms with van der Waals surface area (Å²) in [6, 6.07) is 13.6. The van der Waals surface area contributed by atoms with E-state index in [0.29, 0.717) is 74.4 Å². The van der Waals surface area contributed by atoms with Gasteiger partial charge in [-0.25, -0.2) is 9.59 Å². The average molecular weight is 649 g/mol. The van der Waals surface area contributed by atoms with Gasteiger partial charge in [-0.3, -0.25) is 9.69 Å². The van der Waals surface area contributed by atoms with Gasteiger partial charge in [0.05, 0.1) is 38.5 Å². The van der Waals surface area contributed by atoms with Crippen molar-refractivity contribution in [2.24, 2.45) is 0 Å². The molecule has 0 bridgehead atoms. The zero-order valence-corrected chi connectivity index (χ0v) is 26.2. The van der Waals surface area contributed by atoms with Gasteiger partial charge in [-0.05, 0) is 61.9 Å². The maximum Gasteiger partial charge on any atom is 0.343 e. The minimum atomic E-state index is -0.833. The Balaban J connectivity index is 0.00000705. The number of rotatable bonds is 18. The highest BCUT2D eigenvalue weighted by atomic mass is 35.5. The zero-order valence-electron chi connectivity index (χ0n) is 25.4. The van der Waals surface area contributed by atoms with Crippen molar-refractivity contribution >= 4 is 36.4 Å². The van der Waals surface area contributed by atoms with Gasteiger partial charge in [0, 0.05) is 24.7 Å². The van der Waals surface area contributed by atoms with Crippen molar-refractivity contribution < 1.29 is 43.3 Å². The van der Waals surface area contributed by atoms with Crippen LogP contribution >= 0.6 is 12.4 Å². The van der Waals surface area contributed by atoms with Crippen molar-refractivity contribution in [1.82, 2.24) is 4.90 Å². The van der Waals surface area contributed by atoms with Gasteiger partial charge in [0.1, 0.15) is 11.9 Å². The molecule has 2 aromatic rings. The number of hydrogen-bond acceptors (Lipinski definition) is 11. The van der Waals surface area contributed by atoms with Gasteiger partial charge in [0.15, 0.2) is 0 Å². The summed E-state index contributed by atoms with van der Waals surface area (Å²) in [5.41, 5.74) is 1.62. The lowest BCUT2D eigenvalue weighted by Gasteiger charge is -2.27. The highest BCUT2D eigenvalue weighted by molar-refractivity contribution is 5.93. The zero-order chi connectivity index (χ0) is 31.6. The Morgan fingerprint density at radius 3 is 2.42 bits per heavy atom. The van der Waals surface area contributed by atoms with Crippen LogP contribution in [0.3, 0.4) is 0 Å². The molecule has 13 heteroatoms. The number of hydrogen-bond donors (Lipinski definition) is 0. The summed E-state index contributed by atoms with van der Waals surface area (Å²) >= 11 is 0. The average Bonchev–Trinajstić information content (AvgIpc) is 3.02. The summed E-state index contributed by atoms with van der Waals surface area (Å²) in [4.78, 5) is 54.3. The molecule has 1 aliphatic rings. The Morgan fingerprint density at radius 1 is 1.00 bits per heavy atom. The normalized spacial score (nSPS) is 13.8. The predicted molar refractivity (Wildman–Crippen MR) is 167 cm³/mol. The first kappa shape index (κ1) is 37.2. The molecule has 0 N–H and O–H groups in total. The summed E-state index contributed by atoms with van der Waals surface area (Å²) < 4.78 is 22.0. The van der Waals surface area contributed by atoms with Crippen LogP contribution in [0.15, 0.2) is 54.6 Å². The molecule has 0 radical (unpaired) electrons. The molecule has 3 rings (SSSR count). The minimum absolute atomic E-state index is 0. The fraction of sp³-hybridized carbons (Fsp3) is 0.469. The molecule has 1 atom stereocenters. The molecule has 1 heterocycles. The molecule has 246 valence electrons. The quantitative estimate of drug-likeness (QED) is 0.0514. The standard InChI is InChI=1S/C32H40N2O10.ClH/c1-2-3-11-29(44-31(36)24-33-18-22-40-23-19-33)27-9-5-6-10-28(27)32(37)43-26-15-12-25(13-16-26)14-17-30(35)41-20-7-4-8-21-42-34(38)39;/h5-6,9-10,12-17,29H,2-4,7-8,11,18-24H2,1H3;1H/b17-14+;. The third kappa shape index (κ3) is 14.1. The lowest BCUT2D eigenvalue weighted by molar-refractivity contribution is -0.757. The van der Waals surface area contributed by atoms with E-state index in [0.717, 1.165) is 12.8 Å². The Morgan fingerprint density at radius 2 is 1.71 bits per heavy atom. The van der Waals surface area contributed by atoms with Crippen LogP contribution in [0.2, 0.25) is 0 Å². The summed E-state index contributed by atoms with van der Waals surface area (Å²) in [6.45, 7) is 4.94. The Kier molecular flexibility index (Phi) is 17.2. The van der Waals surface area contributed by atoms with Gasteiger partial charge >= 0.3 is 17.9 Å². The Hall–Kier alpha value is -4.00. The predicted octanol–water partition coefficient (Wildman–Crippen LogP) is 5.37. The van der Waals surface area contributed by atoms with Crippen LogP contribution in [-0.2, 0) is 28.6 Å². The number of halogens is 1. The Labute approximate surface area is 269 Å². The number of carbonyl (C=O) groups is 3. The molecule has 0 aromatic heterocycles. The topological polar surface area (TPSA) is 144 Å². The van der Waals surface area contributed by atoms with E-state index in [1.165, 1.54) is 6.08 Å². The van der Waals surface area contributed by atoms with Gasteiger partial charge < -0.3 is 23.8 Å². The van der Waals surface area contributed by atoms with Crippen LogP contribution in [-0.4, -0.2) is 74.0 Å². The van der Waals surface area contributed by atoms with Crippen LogP contribution in [0.25, 0.3) is 6.08 Å². The molecule has 12 nitrogen and oxygen atoms in total. The molecule has 1 saturated heterocycles. The number of unbranched alkanes of at least 4 members (excludes halogenated alkanes) is 3. The fourth-order valence-corrected chi connectivity index (χ4v) is 4.48. The molecule has 0 amide bonds. The van der Waals surface area contributed by atoms with Crippen LogP contribution in [0.1, 0.15) is 73.0 Å². The molecule has 0 saturated carbocycles. The van der Waals surface area contributed by atoms with E-state index in [1.54, 1.807) is 48.5 Å². The highest BCUT2D eigenvalue weighted by Gasteiger charge is 2.25. The minimum Gasteiger partial charge on any atom is -0.463 e. The Bertz CT molecular complexity index is 1250. The lowest BCUT2D eigenvalue weighted by Crippen LogP contribution is -2.40. The van der Waals surface area contributed by atoms with E-state index in [9.17, 15) is 24.5 Å². The smallest absolute Gasteiger partial charge is 0.343 e. The van der Waals surface area contributed by atoms with Crippen molar-refractivity contribution in [2.45, 2.75) is 51.6 Å². The van der Waals surface area contributed by atoms with Crippen molar-refractivity contribution in [3.8, 4) is 5.75 Å². The molecule has 1 aliphatic heterocycles. The van der Waals surface area contributed by atoms with Crippen molar-refractivity contribution in [3.05, 3.63) is 81.4 Å². The van der Waals surface area contributed by atoms with Crippen LogP contribution in [0, 0.1) is 10.1 Å².